The Kier molecular flexibility index (Phi) is 5.97. The van der Waals surface area contributed by atoms with E-state index < -0.39 is 17.1 Å². The normalized spacial score (nSPS) is 16.8. The van der Waals surface area contributed by atoms with Crippen molar-refractivity contribution in [2.75, 3.05) is 45.2 Å². The largest absolute Gasteiger partial charge is 0.508 e. The van der Waals surface area contributed by atoms with Crippen LogP contribution in [0.4, 0.5) is 10.3 Å². The fraction of sp³-hybridized carbons (Fsp3) is 0.286. The summed E-state index contributed by atoms with van der Waals surface area (Å²) in [4.78, 5) is 27.8. The zero-order valence-electron chi connectivity index (χ0n) is 21.9. The molecule has 6 N–H and O–H groups in total. The molecule has 0 saturated carbocycles. The summed E-state index contributed by atoms with van der Waals surface area (Å²) in [6.07, 6.45) is 0. The highest BCUT2D eigenvalue weighted by Crippen LogP contribution is 2.44. The van der Waals surface area contributed by atoms with Crippen molar-refractivity contribution in [3.63, 3.8) is 0 Å². The Morgan fingerprint density at radius 3 is 2.50 bits per heavy atom. The van der Waals surface area contributed by atoms with E-state index in [4.69, 9.17) is 33.5 Å². The minimum Gasteiger partial charge on any atom is -0.508 e. The van der Waals surface area contributed by atoms with Crippen LogP contribution >= 0.6 is 11.6 Å². The van der Waals surface area contributed by atoms with Crippen LogP contribution < -0.4 is 16.4 Å². The minimum atomic E-state index is -1.32. The molecule has 3 heterocycles. The zero-order valence-corrected chi connectivity index (χ0v) is 22.7. The highest BCUT2D eigenvalue weighted by atomic mass is 35.5. The Labute approximate surface area is 234 Å². The number of hydrogen-bond donors (Lipinski definition) is 4. The smallest absolute Gasteiger partial charge is 0.233 e. The number of rotatable bonds is 5. The van der Waals surface area contributed by atoms with Gasteiger partial charge in [0.25, 0.3) is 0 Å². The summed E-state index contributed by atoms with van der Waals surface area (Å²) < 4.78 is 16.7. The van der Waals surface area contributed by atoms with E-state index in [1.807, 2.05) is 43.3 Å². The van der Waals surface area contributed by atoms with Gasteiger partial charge in [0.2, 0.25) is 11.9 Å². The Bertz CT molecular complexity index is 1720. The van der Waals surface area contributed by atoms with Crippen LogP contribution in [0.3, 0.4) is 0 Å². The number of halogens is 2. The lowest BCUT2D eigenvalue weighted by Crippen LogP contribution is -2.68. The van der Waals surface area contributed by atoms with Gasteiger partial charge in [0.1, 0.15) is 16.7 Å². The number of aromatic nitrogens is 2. The molecule has 0 unspecified atom stereocenters. The van der Waals surface area contributed by atoms with Crippen molar-refractivity contribution in [1.29, 1.82) is 5.41 Å². The number of aromatic hydroxyl groups is 1. The lowest BCUT2D eigenvalue weighted by Gasteiger charge is -2.48. The van der Waals surface area contributed by atoms with E-state index in [-0.39, 0.29) is 64.0 Å². The number of nitrogens with zero attached hydrogens (tertiary/aromatic N) is 5. The van der Waals surface area contributed by atoms with Crippen LogP contribution in [0.15, 0.2) is 42.5 Å². The molecular formula is C28H28ClFN8O2. The molecule has 0 bridgehead atoms. The summed E-state index contributed by atoms with van der Waals surface area (Å²) in [5.74, 6) is -1.32. The van der Waals surface area contributed by atoms with Crippen molar-refractivity contribution in [2.45, 2.75) is 11.5 Å². The molecule has 0 spiro atoms. The van der Waals surface area contributed by atoms with Crippen molar-refractivity contribution in [3.8, 4) is 16.9 Å². The highest BCUT2D eigenvalue weighted by molar-refractivity contribution is 6.35. The van der Waals surface area contributed by atoms with Crippen LogP contribution in [0.2, 0.25) is 5.02 Å². The molecule has 1 aromatic heterocycles. The maximum atomic E-state index is 16.7. The third kappa shape index (κ3) is 3.88. The number of benzene rings is 3. The Balaban J connectivity index is 1.61. The minimum absolute atomic E-state index is 0.0120. The summed E-state index contributed by atoms with van der Waals surface area (Å²) in [5, 5.41) is 20.0. The number of amides is 1. The fourth-order valence-corrected chi connectivity index (χ4v) is 5.88. The number of carbonyl (C=O) groups excluding carboxylic acids is 1. The monoisotopic (exact) mass is 562 g/mol. The maximum Gasteiger partial charge on any atom is 0.233 e. The number of phenols is 1. The van der Waals surface area contributed by atoms with Crippen molar-refractivity contribution in [2.24, 2.45) is 11.5 Å². The van der Waals surface area contributed by atoms with Crippen LogP contribution in [-0.2, 0) is 10.2 Å². The molecule has 12 heteroatoms. The van der Waals surface area contributed by atoms with Crippen molar-refractivity contribution in [3.05, 3.63) is 59.0 Å². The molecule has 2 aliphatic heterocycles. The van der Waals surface area contributed by atoms with Gasteiger partial charge in [0.05, 0.1) is 10.7 Å². The number of phenolic OH excluding ortho intramolecular Hbond substituents is 1. The fourth-order valence-electron chi connectivity index (χ4n) is 5.58. The molecule has 206 valence electrons. The quantitative estimate of drug-likeness (QED) is 0.214. The molecule has 0 radical (unpaired) electrons. The van der Waals surface area contributed by atoms with Gasteiger partial charge in [-0.3, -0.25) is 10.2 Å². The number of hydrogen-bond acceptors (Lipinski definition) is 7. The summed E-state index contributed by atoms with van der Waals surface area (Å²) in [6, 6.07) is 12.2. The van der Waals surface area contributed by atoms with Crippen LogP contribution in [0.1, 0.15) is 5.69 Å². The van der Waals surface area contributed by atoms with Gasteiger partial charge in [-0.05, 0) is 48.6 Å². The number of primary amides is 1. The molecule has 10 nitrogen and oxygen atoms in total. The number of guanidine groups is 1. The molecule has 1 amide bonds. The summed E-state index contributed by atoms with van der Waals surface area (Å²) in [7, 11) is 3.96. The average molecular weight is 563 g/mol. The SMILES string of the molecule is CN(C)C1CN(c2nc(C3(C(N)=O)CN(C(=N)N)C3)c3cc(Cl)c(-c4cc(O)cc5ccccc45)c(F)c3n2)C1. The van der Waals surface area contributed by atoms with Crippen LogP contribution in [0.5, 0.6) is 5.75 Å². The van der Waals surface area contributed by atoms with E-state index in [1.165, 1.54) is 11.0 Å². The van der Waals surface area contributed by atoms with Crippen molar-refractivity contribution in [1.82, 2.24) is 19.8 Å². The van der Waals surface area contributed by atoms with E-state index in [1.54, 1.807) is 12.1 Å². The number of likely N-dealkylation sites (tertiary alicyclic amines) is 1. The number of likely N-dealkylation sites (N-methyl/N-ethyl adjacent to an activating group) is 1. The van der Waals surface area contributed by atoms with Gasteiger partial charge in [-0.25, -0.2) is 14.4 Å². The van der Waals surface area contributed by atoms with Gasteiger partial charge in [0, 0.05) is 43.2 Å². The molecule has 2 fully saturated rings. The first-order valence-corrected chi connectivity index (χ1v) is 13.1. The number of carbonyl (C=O) groups is 1. The van der Waals surface area contributed by atoms with Gasteiger partial charge in [-0.1, -0.05) is 35.9 Å². The van der Waals surface area contributed by atoms with Crippen molar-refractivity contribution >= 4 is 51.1 Å². The van der Waals surface area contributed by atoms with E-state index >= 15 is 4.39 Å². The number of anilines is 1. The second-order valence-corrected chi connectivity index (χ2v) is 11.1. The van der Waals surface area contributed by atoms with Gasteiger partial charge >= 0.3 is 0 Å². The third-order valence-corrected chi connectivity index (χ3v) is 8.35. The van der Waals surface area contributed by atoms with Gasteiger partial charge in [0.15, 0.2) is 11.8 Å². The first-order chi connectivity index (χ1) is 19.0. The predicted octanol–water partition coefficient (Wildman–Crippen LogP) is 2.63. The zero-order chi connectivity index (χ0) is 28.5. The number of fused-ring (bicyclic) bond motifs is 2. The Hall–Kier alpha value is -4.22. The second kappa shape index (κ2) is 9.17. The summed E-state index contributed by atoms with van der Waals surface area (Å²) in [6.45, 7) is 1.31. The summed E-state index contributed by atoms with van der Waals surface area (Å²) in [5.41, 5.74) is 11.0. The molecule has 0 aliphatic carbocycles. The van der Waals surface area contributed by atoms with Gasteiger partial charge < -0.3 is 31.3 Å². The Morgan fingerprint density at radius 2 is 1.85 bits per heavy atom. The number of nitrogens with one attached hydrogen (secondary N) is 1. The topological polar surface area (TPSA) is 149 Å². The standard InChI is InChI=1S/C28H28ClFN8O2/c1-36(2)15-10-37(11-15)27-34-23-19(24(35-27)28(25(31)40)12-38(13-28)26(32)33)9-20(29)21(22(23)30)18-8-16(39)7-14-5-3-4-6-17(14)18/h3-9,15,39H,10-13H2,1-2H3,(H2,31,40)(H3,32,33). The predicted molar refractivity (Wildman–Crippen MR) is 153 cm³/mol. The molecule has 4 aromatic rings. The lowest BCUT2D eigenvalue weighted by atomic mass is 9.74. The van der Waals surface area contributed by atoms with E-state index in [9.17, 15) is 9.90 Å². The molecule has 2 saturated heterocycles. The van der Waals surface area contributed by atoms with E-state index in [2.05, 4.69) is 9.88 Å². The first-order valence-electron chi connectivity index (χ1n) is 12.7. The van der Waals surface area contributed by atoms with Crippen LogP contribution in [0.25, 0.3) is 32.8 Å². The molecule has 3 aromatic carbocycles. The Morgan fingerprint density at radius 1 is 1.15 bits per heavy atom. The highest BCUT2D eigenvalue weighted by Gasteiger charge is 2.53. The van der Waals surface area contributed by atoms with Gasteiger partial charge in [-0.2, -0.15) is 0 Å². The second-order valence-electron chi connectivity index (χ2n) is 10.7. The van der Waals surface area contributed by atoms with Crippen LogP contribution in [0, 0.1) is 11.2 Å². The lowest BCUT2D eigenvalue weighted by molar-refractivity contribution is -0.128. The maximum absolute atomic E-state index is 16.7. The van der Waals surface area contributed by atoms with E-state index in [0.717, 1.165) is 5.39 Å². The number of nitrogens with two attached hydrogens (primary N) is 2. The summed E-state index contributed by atoms with van der Waals surface area (Å²) >= 11 is 6.76. The molecule has 6 rings (SSSR count). The van der Waals surface area contributed by atoms with Crippen LogP contribution in [-0.4, -0.2) is 83.1 Å². The third-order valence-electron chi connectivity index (χ3n) is 8.05. The van der Waals surface area contributed by atoms with Gasteiger partial charge in [-0.15, -0.1) is 0 Å². The van der Waals surface area contributed by atoms with Crippen molar-refractivity contribution < 1.29 is 14.3 Å². The first kappa shape index (κ1) is 26.0. The molecule has 0 atom stereocenters. The molecule has 40 heavy (non-hydrogen) atoms. The van der Waals surface area contributed by atoms with E-state index in [0.29, 0.717) is 24.0 Å². The molecule has 2 aliphatic rings. The molecular weight excluding hydrogens is 535 g/mol. The average Bonchev–Trinajstić information content (AvgIpc) is 2.82.